The SMILES string of the molecule is CC1=C(C)[C@@]2(O[C@H](C)C(c3ccccc3)(c3ccccc3)O2)C1=O. The van der Waals surface area contributed by atoms with Crippen LogP contribution in [0.2, 0.25) is 0 Å². The Morgan fingerprint density at radius 2 is 1.38 bits per heavy atom. The predicted molar refractivity (Wildman–Crippen MR) is 91.4 cm³/mol. The molecule has 1 fully saturated rings. The van der Waals surface area contributed by atoms with Crippen LogP contribution in [0, 0.1) is 0 Å². The molecule has 3 heteroatoms. The number of hydrogen-bond acceptors (Lipinski definition) is 3. The largest absolute Gasteiger partial charge is 0.333 e. The Labute approximate surface area is 141 Å². The zero-order valence-electron chi connectivity index (χ0n) is 14.1. The molecule has 2 aromatic carbocycles. The van der Waals surface area contributed by atoms with Gasteiger partial charge >= 0.3 is 0 Å². The van der Waals surface area contributed by atoms with Gasteiger partial charge in [-0.05, 0) is 31.9 Å². The minimum Gasteiger partial charge on any atom is -0.333 e. The van der Waals surface area contributed by atoms with Crippen LogP contribution in [0.15, 0.2) is 71.8 Å². The molecule has 0 saturated carbocycles. The van der Waals surface area contributed by atoms with E-state index in [9.17, 15) is 4.79 Å². The third-order valence-corrected chi connectivity index (χ3v) is 5.32. The van der Waals surface area contributed by atoms with E-state index in [1.165, 1.54) is 0 Å². The Morgan fingerprint density at radius 1 is 0.875 bits per heavy atom. The molecule has 0 aromatic heterocycles. The highest BCUT2D eigenvalue weighted by Crippen LogP contribution is 2.55. The summed E-state index contributed by atoms with van der Waals surface area (Å²) in [7, 11) is 0. The Bertz CT molecular complexity index is 783. The molecule has 0 bridgehead atoms. The summed E-state index contributed by atoms with van der Waals surface area (Å²) in [6, 6.07) is 20.0. The summed E-state index contributed by atoms with van der Waals surface area (Å²) in [5.74, 6) is -1.31. The molecule has 2 atom stereocenters. The average molecular weight is 320 g/mol. The summed E-state index contributed by atoms with van der Waals surface area (Å²) in [6.45, 7) is 5.71. The van der Waals surface area contributed by atoms with Crippen molar-refractivity contribution < 1.29 is 14.3 Å². The standard InChI is InChI=1S/C21H20O3/c1-14-15(2)21(19(14)22)23-16(3)20(24-21,17-10-6-4-7-11-17)18-12-8-5-9-13-18/h4-13,16H,1-3H3/t16-,21+/m1/s1. The van der Waals surface area contributed by atoms with Crippen molar-refractivity contribution in [1.82, 2.24) is 0 Å². The molecule has 1 aliphatic carbocycles. The van der Waals surface area contributed by atoms with E-state index < -0.39 is 11.4 Å². The van der Waals surface area contributed by atoms with Gasteiger partial charge in [-0.3, -0.25) is 4.79 Å². The fraction of sp³-hybridized carbons (Fsp3) is 0.286. The number of carbonyl (C=O) groups excluding carboxylic acids is 1. The summed E-state index contributed by atoms with van der Waals surface area (Å²) in [6.07, 6.45) is -0.297. The Morgan fingerprint density at radius 3 is 1.83 bits per heavy atom. The van der Waals surface area contributed by atoms with E-state index in [4.69, 9.17) is 9.47 Å². The van der Waals surface area contributed by atoms with E-state index in [0.29, 0.717) is 0 Å². The summed E-state index contributed by atoms with van der Waals surface area (Å²) in [5.41, 5.74) is 2.78. The Kier molecular flexibility index (Phi) is 3.27. The van der Waals surface area contributed by atoms with Gasteiger partial charge in [0, 0.05) is 11.1 Å². The monoisotopic (exact) mass is 320 g/mol. The first-order chi connectivity index (χ1) is 11.5. The van der Waals surface area contributed by atoms with Crippen molar-refractivity contribution in [2.45, 2.75) is 38.3 Å². The lowest BCUT2D eigenvalue weighted by molar-refractivity contribution is -0.184. The second kappa shape index (κ2) is 5.13. The van der Waals surface area contributed by atoms with E-state index in [2.05, 4.69) is 0 Å². The van der Waals surface area contributed by atoms with Crippen LogP contribution in [0.3, 0.4) is 0 Å². The molecule has 0 radical (unpaired) electrons. The zero-order valence-corrected chi connectivity index (χ0v) is 14.1. The van der Waals surface area contributed by atoms with Crippen LogP contribution < -0.4 is 0 Å². The molecule has 1 spiro atoms. The molecule has 0 N–H and O–H groups in total. The van der Waals surface area contributed by atoms with E-state index in [1.54, 1.807) is 0 Å². The van der Waals surface area contributed by atoms with Crippen molar-refractivity contribution in [2.75, 3.05) is 0 Å². The maximum Gasteiger partial charge on any atom is 0.258 e. The highest BCUT2D eigenvalue weighted by Gasteiger charge is 2.65. The lowest BCUT2D eigenvalue weighted by atomic mass is 9.80. The molecule has 2 aliphatic rings. The van der Waals surface area contributed by atoms with Gasteiger partial charge in [0.2, 0.25) is 5.78 Å². The molecule has 1 saturated heterocycles. The zero-order chi connectivity index (χ0) is 16.9. The molecule has 0 unspecified atom stereocenters. The molecule has 1 heterocycles. The summed E-state index contributed by atoms with van der Waals surface area (Å²) in [5, 5.41) is 0. The summed E-state index contributed by atoms with van der Waals surface area (Å²) >= 11 is 0. The fourth-order valence-corrected chi connectivity index (χ4v) is 3.83. The molecular weight excluding hydrogens is 300 g/mol. The van der Waals surface area contributed by atoms with Crippen LogP contribution in [0.4, 0.5) is 0 Å². The maximum atomic E-state index is 12.6. The van der Waals surface area contributed by atoms with Crippen LogP contribution in [-0.4, -0.2) is 17.7 Å². The van der Waals surface area contributed by atoms with Crippen molar-refractivity contribution >= 4 is 5.78 Å². The van der Waals surface area contributed by atoms with Crippen LogP contribution in [-0.2, 0) is 19.9 Å². The Hall–Kier alpha value is -2.23. The number of hydrogen-bond donors (Lipinski definition) is 0. The quantitative estimate of drug-likeness (QED) is 0.839. The molecule has 4 rings (SSSR count). The van der Waals surface area contributed by atoms with Gasteiger partial charge in [-0.2, -0.15) is 0 Å². The van der Waals surface area contributed by atoms with Gasteiger partial charge in [0.05, 0.1) is 6.10 Å². The molecule has 24 heavy (non-hydrogen) atoms. The lowest BCUT2D eigenvalue weighted by Gasteiger charge is -2.39. The predicted octanol–water partition coefficient (Wildman–Crippen LogP) is 3.98. The number of ketones is 1. The van der Waals surface area contributed by atoms with Crippen molar-refractivity contribution in [3.8, 4) is 0 Å². The molecule has 2 aromatic rings. The third-order valence-electron chi connectivity index (χ3n) is 5.32. The van der Waals surface area contributed by atoms with Gasteiger partial charge in [0.15, 0.2) is 0 Å². The van der Waals surface area contributed by atoms with E-state index in [1.807, 2.05) is 81.4 Å². The topological polar surface area (TPSA) is 35.5 Å². The first-order valence-electron chi connectivity index (χ1n) is 8.24. The highest BCUT2D eigenvalue weighted by molar-refractivity contribution is 6.11. The van der Waals surface area contributed by atoms with E-state index >= 15 is 0 Å². The number of ether oxygens (including phenoxy) is 2. The molecule has 1 aliphatic heterocycles. The normalized spacial score (nSPS) is 28.3. The minimum atomic E-state index is -1.24. The van der Waals surface area contributed by atoms with Crippen LogP contribution in [0.25, 0.3) is 0 Å². The summed E-state index contributed by atoms with van der Waals surface area (Å²) < 4.78 is 12.7. The number of carbonyl (C=O) groups is 1. The number of Topliss-reactive ketones (excluding diaryl/α,β-unsaturated/α-hetero) is 1. The summed E-state index contributed by atoms with van der Waals surface area (Å²) in [4.78, 5) is 12.6. The van der Waals surface area contributed by atoms with Crippen LogP contribution in [0.1, 0.15) is 31.9 Å². The minimum absolute atomic E-state index is 0.0689. The van der Waals surface area contributed by atoms with Crippen LogP contribution >= 0.6 is 0 Å². The van der Waals surface area contributed by atoms with Crippen LogP contribution in [0.5, 0.6) is 0 Å². The molecular formula is C21H20O3. The average Bonchev–Trinajstić information content (AvgIpc) is 2.98. The lowest BCUT2D eigenvalue weighted by Crippen LogP contribution is -2.51. The van der Waals surface area contributed by atoms with Gasteiger partial charge in [0.1, 0.15) is 5.60 Å². The van der Waals surface area contributed by atoms with Crippen molar-refractivity contribution in [3.05, 3.63) is 82.9 Å². The van der Waals surface area contributed by atoms with Gasteiger partial charge < -0.3 is 9.47 Å². The van der Waals surface area contributed by atoms with E-state index in [0.717, 1.165) is 22.3 Å². The van der Waals surface area contributed by atoms with Gasteiger partial charge in [0.25, 0.3) is 5.79 Å². The smallest absolute Gasteiger partial charge is 0.258 e. The molecule has 0 amide bonds. The second-order valence-electron chi connectivity index (χ2n) is 6.53. The first kappa shape index (κ1) is 15.3. The first-order valence-corrected chi connectivity index (χ1v) is 8.24. The molecule has 3 nitrogen and oxygen atoms in total. The van der Waals surface area contributed by atoms with Gasteiger partial charge in [-0.1, -0.05) is 60.7 Å². The molecule has 122 valence electrons. The van der Waals surface area contributed by atoms with Crippen molar-refractivity contribution in [3.63, 3.8) is 0 Å². The fourth-order valence-electron chi connectivity index (χ4n) is 3.83. The van der Waals surface area contributed by atoms with E-state index in [-0.39, 0.29) is 11.9 Å². The maximum absolute atomic E-state index is 12.6. The number of benzene rings is 2. The van der Waals surface area contributed by atoms with Crippen molar-refractivity contribution in [1.29, 1.82) is 0 Å². The van der Waals surface area contributed by atoms with Crippen molar-refractivity contribution in [2.24, 2.45) is 0 Å². The third kappa shape index (κ3) is 1.77. The Balaban J connectivity index is 1.92. The van der Waals surface area contributed by atoms with Gasteiger partial charge in [-0.25, -0.2) is 0 Å². The number of rotatable bonds is 2. The van der Waals surface area contributed by atoms with Gasteiger partial charge in [-0.15, -0.1) is 0 Å². The second-order valence-corrected chi connectivity index (χ2v) is 6.53. The highest BCUT2D eigenvalue weighted by atomic mass is 16.8.